The maximum absolute atomic E-state index is 12.6. The van der Waals surface area contributed by atoms with Gasteiger partial charge in [0.05, 0.1) is 5.41 Å². The summed E-state index contributed by atoms with van der Waals surface area (Å²) >= 11 is 0. The Hall–Kier alpha value is -2.48. The van der Waals surface area contributed by atoms with Crippen LogP contribution in [0.2, 0.25) is 0 Å². The van der Waals surface area contributed by atoms with E-state index >= 15 is 0 Å². The first kappa shape index (κ1) is 24.2. The lowest BCUT2D eigenvalue weighted by molar-refractivity contribution is -0.122. The number of carbonyl (C=O) groups excluding carboxylic acids is 2. The Bertz CT molecular complexity index is 963. The number of fused-ring (bicyclic) bond motifs is 1. The molecule has 0 aromatic heterocycles. The molecule has 2 atom stereocenters. The van der Waals surface area contributed by atoms with Gasteiger partial charge in [0.15, 0.2) is 0 Å². The van der Waals surface area contributed by atoms with Crippen LogP contribution in [0.1, 0.15) is 93.0 Å². The number of aldehydes is 1. The Kier molecular flexibility index (Phi) is 7.87. The molecule has 0 heterocycles. The molecule has 1 aliphatic rings. The zero-order valence-electron chi connectivity index (χ0n) is 20.2. The Labute approximate surface area is 194 Å². The average molecular weight is 431 g/mol. The second kappa shape index (κ2) is 10.4. The Morgan fingerprint density at radius 1 is 1.12 bits per heavy atom. The van der Waals surface area contributed by atoms with Gasteiger partial charge in [0, 0.05) is 6.42 Å². The van der Waals surface area contributed by atoms with Crippen molar-refractivity contribution in [1.82, 2.24) is 0 Å². The third-order valence-corrected chi connectivity index (χ3v) is 7.20. The largest absolute Gasteiger partial charge is 0.302 e. The number of aryl methyl sites for hydroxylation is 1. The third kappa shape index (κ3) is 5.11. The molecule has 0 fully saturated rings. The minimum absolute atomic E-state index is 0.0491. The second-order valence-corrected chi connectivity index (χ2v) is 9.84. The fourth-order valence-electron chi connectivity index (χ4n) is 5.57. The van der Waals surface area contributed by atoms with Gasteiger partial charge in [0.1, 0.15) is 12.1 Å². The summed E-state index contributed by atoms with van der Waals surface area (Å²) in [4.78, 5) is 24.9. The summed E-state index contributed by atoms with van der Waals surface area (Å²) in [5.41, 5.74) is 6.33. The Morgan fingerprint density at radius 2 is 1.78 bits per heavy atom. The van der Waals surface area contributed by atoms with Crippen LogP contribution in [0.3, 0.4) is 0 Å². The number of rotatable bonds is 11. The molecule has 0 radical (unpaired) electrons. The summed E-state index contributed by atoms with van der Waals surface area (Å²) in [5.74, 6) is 0.779. The standard InChI is InChI=1S/C30H38O2/c1-6-8-24(9-7-2)25-12-14-28(15-13-25)30(20-31,18-22(4)32)19-27-17-26-11-10-21(3)16-29(26)23(27)5/h10-16,20,24,27H,5-9,17-19H2,1-4H3/t27?,30-/m0/s1. The zero-order valence-corrected chi connectivity index (χ0v) is 20.2. The maximum Gasteiger partial charge on any atom is 0.131 e. The molecule has 3 rings (SSSR count). The number of Topliss-reactive ketones (excluding diaryl/α,β-unsaturated/α-hetero) is 1. The summed E-state index contributed by atoms with van der Waals surface area (Å²) in [6.45, 7) is 12.5. The lowest BCUT2D eigenvalue weighted by Gasteiger charge is -2.31. The lowest BCUT2D eigenvalue weighted by atomic mass is 9.70. The van der Waals surface area contributed by atoms with Crippen LogP contribution in [0.4, 0.5) is 0 Å². The number of ketones is 1. The van der Waals surface area contributed by atoms with Gasteiger partial charge in [-0.25, -0.2) is 0 Å². The van der Waals surface area contributed by atoms with E-state index in [1.165, 1.54) is 47.9 Å². The van der Waals surface area contributed by atoms with E-state index in [9.17, 15) is 9.59 Å². The molecular formula is C30H38O2. The van der Waals surface area contributed by atoms with Crippen LogP contribution in [-0.2, 0) is 21.4 Å². The average Bonchev–Trinajstić information content (AvgIpc) is 3.07. The van der Waals surface area contributed by atoms with E-state index in [1.807, 2.05) is 0 Å². The van der Waals surface area contributed by atoms with Crippen LogP contribution in [0.15, 0.2) is 49.0 Å². The minimum atomic E-state index is -0.805. The highest BCUT2D eigenvalue weighted by Gasteiger charge is 2.39. The molecule has 0 saturated heterocycles. The van der Waals surface area contributed by atoms with Gasteiger partial charge in [-0.15, -0.1) is 0 Å². The van der Waals surface area contributed by atoms with Crippen molar-refractivity contribution >= 4 is 17.6 Å². The predicted octanol–water partition coefficient (Wildman–Crippen LogP) is 7.37. The molecule has 2 aromatic rings. The lowest BCUT2D eigenvalue weighted by Crippen LogP contribution is -2.33. The van der Waals surface area contributed by atoms with Crippen LogP contribution in [-0.4, -0.2) is 12.1 Å². The summed E-state index contributed by atoms with van der Waals surface area (Å²) < 4.78 is 0. The van der Waals surface area contributed by atoms with E-state index in [1.54, 1.807) is 6.92 Å². The molecule has 0 saturated carbocycles. The van der Waals surface area contributed by atoms with E-state index in [4.69, 9.17) is 0 Å². The summed E-state index contributed by atoms with van der Waals surface area (Å²) in [6.07, 6.45) is 7.46. The van der Waals surface area contributed by atoms with Crippen molar-refractivity contribution in [3.8, 4) is 0 Å². The number of benzene rings is 2. The van der Waals surface area contributed by atoms with Gasteiger partial charge in [-0.05, 0) is 79.2 Å². The van der Waals surface area contributed by atoms with E-state index < -0.39 is 5.41 Å². The normalized spacial score (nSPS) is 17.3. The highest BCUT2D eigenvalue weighted by Crippen LogP contribution is 2.44. The number of carbonyl (C=O) groups is 2. The van der Waals surface area contributed by atoms with Crippen LogP contribution in [0.25, 0.3) is 5.57 Å². The molecule has 2 aromatic carbocycles. The molecule has 0 bridgehead atoms. The highest BCUT2D eigenvalue weighted by atomic mass is 16.1. The quantitative estimate of drug-likeness (QED) is 0.349. The van der Waals surface area contributed by atoms with Crippen molar-refractivity contribution in [2.24, 2.45) is 5.92 Å². The van der Waals surface area contributed by atoms with Crippen molar-refractivity contribution in [1.29, 1.82) is 0 Å². The van der Waals surface area contributed by atoms with Crippen LogP contribution in [0, 0.1) is 12.8 Å². The molecule has 0 amide bonds. The van der Waals surface area contributed by atoms with Gasteiger partial charge in [-0.1, -0.05) is 81.3 Å². The summed E-state index contributed by atoms with van der Waals surface area (Å²) in [7, 11) is 0. The molecule has 32 heavy (non-hydrogen) atoms. The molecule has 1 aliphatic carbocycles. The monoisotopic (exact) mass is 430 g/mol. The van der Waals surface area contributed by atoms with Crippen molar-refractivity contribution in [3.63, 3.8) is 0 Å². The molecule has 2 nitrogen and oxygen atoms in total. The van der Waals surface area contributed by atoms with Gasteiger partial charge >= 0.3 is 0 Å². The smallest absolute Gasteiger partial charge is 0.131 e. The van der Waals surface area contributed by atoms with Crippen molar-refractivity contribution in [2.45, 2.75) is 84.0 Å². The molecule has 1 unspecified atom stereocenters. The second-order valence-electron chi connectivity index (χ2n) is 9.84. The first-order chi connectivity index (χ1) is 15.3. The predicted molar refractivity (Wildman–Crippen MR) is 134 cm³/mol. The Balaban J connectivity index is 1.92. The van der Waals surface area contributed by atoms with Crippen LogP contribution in [0.5, 0.6) is 0 Å². The maximum atomic E-state index is 12.6. The fourth-order valence-corrected chi connectivity index (χ4v) is 5.57. The number of hydrogen-bond donors (Lipinski definition) is 0. The number of hydrogen-bond acceptors (Lipinski definition) is 2. The number of allylic oxidation sites excluding steroid dienone is 1. The van der Waals surface area contributed by atoms with Gasteiger partial charge in [-0.3, -0.25) is 4.79 Å². The van der Waals surface area contributed by atoms with Gasteiger partial charge in [0.2, 0.25) is 0 Å². The first-order valence-electron chi connectivity index (χ1n) is 12.2. The molecule has 170 valence electrons. The molecule has 2 heteroatoms. The van der Waals surface area contributed by atoms with Crippen molar-refractivity contribution in [3.05, 3.63) is 76.9 Å². The molecule has 0 spiro atoms. The van der Waals surface area contributed by atoms with E-state index in [0.29, 0.717) is 12.3 Å². The minimum Gasteiger partial charge on any atom is -0.302 e. The molecule has 0 N–H and O–H groups in total. The van der Waals surface area contributed by atoms with E-state index in [-0.39, 0.29) is 18.1 Å². The van der Waals surface area contributed by atoms with Crippen LogP contribution < -0.4 is 0 Å². The van der Waals surface area contributed by atoms with Crippen LogP contribution >= 0.6 is 0 Å². The van der Waals surface area contributed by atoms with E-state index in [0.717, 1.165) is 23.8 Å². The van der Waals surface area contributed by atoms with Gasteiger partial charge in [0.25, 0.3) is 0 Å². The van der Waals surface area contributed by atoms with E-state index in [2.05, 4.69) is 69.8 Å². The zero-order chi connectivity index (χ0) is 23.3. The molecule has 0 aliphatic heterocycles. The first-order valence-corrected chi connectivity index (χ1v) is 12.2. The van der Waals surface area contributed by atoms with Gasteiger partial charge < -0.3 is 4.79 Å². The van der Waals surface area contributed by atoms with Crippen molar-refractivity contribution in [2.75, 3.05) is 0 Å². The van der Waals surface area contributed by atoms with Crippen molar-refractivity contribution < 1.29 is 9.59 Å². The SMILES string of the molecule is C=C1c2cc(C)ccc2CC1C[C@](C=O)(CC(C)=O)c1ccc(C(CCC)CCC)cc1. The topological polar surface area (TPSA) is 34.1 Å². The molecular weight excluding hydrogens is 392 g/mol. The summed E-state index contributed by atoms with van der Waals surface area (Å²) in [6, 6.07) is 15.1. The fraction of sp³-hybridized carbons (Fsp3) is 0.467. The van der Waals surface area contributed by atoms with Gasteiger partial charge in [-0.2, -0.15) is 0 Å². The Morgan fingerprint density at radius 3 is 2.34 bits per heavy atom. The third-order valence-electron chi connectivity index (χ3n) is 7.20. The highest BCUT2D eigenvalue weighted by molar-refractivity contribution is 5.84. The summed E-state index contributed by atoms with van der Waals surface area (Å²) in [5, 5.41) is 0.